The first kappa shape index (κ1) is 13.8. The van der Waals surface area contributed by atoms with Crippen LogP contribution in [0.2, 0.25) is 0 Å². The summed E-state index contributed by atoms with van der Waals surface area (Å²) in [7, 11) is 0. The third-order valence-corrected chi connectivity index (χ3v) is 3.22. The Hall–Kier alpha value is -1.59. The van der Waals surface area contributed by atoms with Crippen LogP contribution in [0.5, 0.6) is 0 Å². The van der Waals surface area contributed by atoms with E-state index < -0.39 is 18.3 Å². The molecule has 6 heteroatoms. The van der Waals surface area contributed by atoms with Crippen molar-refractivity contribution in [2.45, 2.75) is 32.1 Å². The van der Waals surface area contributed by atoms with E-state index in [1.807, 2.05) is 0 Å². The molecule has 0 radical (unpaired) electrons. The molecule has 104 valence electrons. The molecule has 0 unspecified atom stereocenters. The van der Waals surface area contributed by atoms with E-state index in [2.05, 4.69) is 0 Å². The molecule has 0 aliphatic carbocycles. The second-order valence-electron chi connectivity index (χ2n) is 4.57. The minimum Gasteiger partial charge on any atom is -0.306 e. The summed E-state index contributed by atoms with van der Waals surface area (Å²) in [6, 6.07) is 5.15. The predicted molar refractivity (Wildman–Crippen MR) is 62.8 cm³/mol. The van der Waals surface area contributed by atoms with E-state index >= 15 is 0 Å². The van der Waals surface area contributed by atoms with Gasteiger partial charge in [-0.15, -0.1) is 0 Å². The molecule has 0 spiro atoms. The Morgan fingerprint density at radius 3 is 2.68 bits per heavy atom. The number of hydrogen-bond donors (Lipinski definition) is 0. The Labute approximate surface area is 108 Å². The lowest BCUT2D eigenvalue weighted by Crippen LogP contribution is -2.49. The average molecular weight is 275 g/mol. The number of carbonyl (C=O) groups excluding carboxylic acids is 1. The van der Waals surface area contributed by atoms with Gasteiger partial charge in [-0.1, -0.05) is 18.2 Å². The third kappa shape index (κ3) is 2.31. The molecule has 1 amide bonds. The molecule has 1 aliphatic heterocycles. The number of nitrogens with zero attached hydrogens (tertiary/aromatic N) is 1. The minimum absolute atomic E-state index is 0.0407. The SMILES string of the molecule is Cc1cccc2c1N(C(=O)C(F)(F)C(F)F)CCC2. The van der Waals surface area contributed by atoms with Crippen LogP contribution in [0.3, 0.4) is 0 Å². The molecule has 0 saturated carbocycles. The fourth-order valence-corrected chi connectivity index (χ4v) is 2.32. The lowest BCUT2D eigenvalue weighted by molar-refractivity contribution is -0.166. The van der Waals surface area contributed by atoms with Crippen molar-refractivity contribution in [1.29, 1.82) is 0 Å². The predicted octanol–water partition coefficient (Wildman–Crippen LogP) is 3.17. The second-order valence-corrected chi connectivity index (χ2v) is 4.57. The fraction of sp³-hybridized carbons (Fsp3) is 0.462. The molecule has 0 fully saturated rings. The number of hydrogen-bond acceptors (Lipinski definition) is 1. The van der Waals surface area contributed by atoms with Gasteiger partial charge in [0.05, 0.1) is 0 Å². The number of para-hydroxylation sites is 1. The summed E-state index contributed by atoms with van der Waals surface area (Å²) in [4.78, 5) is 12.5. The van der Waals surface area contributed by atoms with Crippen molar-refractivity contribution in [2.75, 3.05) is 11.4 Å². The Balaban J connectivity index is 2.42. The largest absolute Gasteiger partial charge is 0.384 e. The summed E-state index contributed by atoms with van der Waals surface area (Å²) >= 11 is 0. The van der Waals surface area contributed by atoms with Crippen molar-refractivity contribution in [3.63, 3.8) is 0 Å². The van der Waals surface area contributed by atoms with Gasteiger partial charge in [-0.25, -0.2) is 8.78 Å². The van der Waals surface area contributed by atoms with Gasteiger partial charge in [0.25, 0.3) is 0 Å². The van der Waals surface area contributed by atoms with Gasteiger partial charge in [0, 0.05) is 12.2 Å². The first-order chi connectivity index (χ1) is 8.85. The number of anilines is 1. The van der Waals surface area contributed by atoms with Crippen LogP contribution in [0.25, 0.3) is 0 Å². The highest BCUT2D eigenvalue weighted by molar-refractivity contribution is 6.00. The molecule has 0 bridgehead atoms. The van der Waals surface area contributed by atoms with Crippen molar-refractivity contribution in [2.24, 2.45) is 0 Å². The van der Waals surface area contributed by atoms with Crippen LogP contribution in [0.1, 0.15) is 17.5 Å². The van der Waals surface area contributed by atoms with E-state index in [4.69, 9.17) is 0 Å². The van der Waals surface area contributed by atoms with E-state index in [1.54, 1.807) is 25.1 Å². The molecule has 1 aliphatic rings. The monoisotopic (exact) mass is 275 g/mol. The normalized spacial score (nSPS) is 15.6. The minimum atomic E-state index is -4.64. The molecule has 2 nitrogen and oxygen atoms in total. The summed E-state index contributed by atoms with van der Waals surface area (Å²) in [5.41, 5.74) is 1.72. The molecule has 1 aromatic rings. The molecule has 0 aromatic heterocycles. The van der Waals surface area contributed by atoms with Gasteiger partial charge in [-0.05, 0) is 30.9 Å². The number of halogens is 4. The zero-order valence-electron chi connectivity index (χ0n) is 10.3. The maximum atomic E-state index is 13.2. The maximum absolute atomic E-state index is 13.2. The van der Waals surface area contributed by atoms with Gasteiger partial charge < -0.3 is 4.90 Å². The van der Waals surface area contributed by atoms with Gasteiger partial charge in [0.1, 0.15) is 0 Å². The first-order valence-electron chi connectivity index (χ1n) is 5.92. The quantitative estimate of drug-likeness (QED) is 0.759. The number of amides is 1. The molecular formula is C13H13F4NO. The smallest absolute Gasteiger partial charge is 0.306 e. The van der Waals surface area contributed by atoms with Crippen molar-refractivity contribution in [3.8, 4) is 0 Å². The van der Waals surface area contributed by atoms with E-state index in [9.17, 15) is 22.4 Å². The highest BCUT2D eigenvalue weighted by Crippen LogP contribution is 2.34. The second kappa shape index (κ2) is 4.83. The third-order valence-electron chi connectivity index (χ3n) is 3.22. The van der Waals surface area contributed by atoms with Crippen LogP contribution in [0.15, 0.2) is 18.2 Å². The molecule has 1 heterocycles. The van der Waals surface area contributed by atoms with E-state index in [-0.39, 0.29) is 6.54 Å². The van der Waals surface area contributed by atoms with Crippen molar-refractivity contribution in [1.82, 2.24) is 0 Å². The van der Waals surface area contributed by atoms with Crippen LogP contribution in [0, 0.1) is 6.92 Å². The summed E-state index contributed by atoms with van der Waals surface area (Å²) in [6.45, 7) is 1.71. The molecular weight excluding hydrogens is 262 g/mol. The molecule has 19 heavy (non-hydrogen) atoms. The van der Waals surface area contributed by atoms with E-state index in [0.717, 1.165) is 10.5 Å². The zero-order chi connectivity index (χ0) is 14.2. The molecule has 2 rings (SSSR count). The average Bonchev–Trinajstić information content (AvgIpc) is 2.37. The summed E-state index contributed by atoms with van der Waals surface area (Å²) in [5.74, 6) is -6.46. The standard InChI is InChI=1S/C13H13F4NO/c1-8-4-2-5-9-6-3-7-18(10(8)9)12(19)13(16,17)11(14)15/h2,4-5,11H,3,6-7H2,1H3. The number of fused-ring (bicyclic) bond motifs is 1. The topological polar surface area (TPSA) is 20.3 Å². The highest BCUT2D eigenvalue weighted by atomic mass is 19.3. The Bertz CT molecular complexity index is 501. The van der Waals surface area contributed by atoms with Crippen molar-refractivity contribution < 1.29 is 22.4 Å². The maximum Gasteiger partial charge on any atom is 0.384 e. The Morgan fingerprint density at radius 2 is 2.05 bits per heavy atom. The molecule has 0 N–H and O–H groups in total. The van der Waals surface area contributed by atoms with Crippen LogP contribution in [0.4, 0.5) is 23.2 Å². The summed E-state index contributed by atoms with van der Waals surface area (Å²) < 4.78 is 51.0. The van der Waals surface area contributed by atoms with Crippen LogP contribution in [-0.4, -0.2) is 24.8 Å². The lowest BCUT2D eigenvalue weighted by atomic mass is 9.97. The van der Waals surface area contributed by atoms with Crippen molar-refractivity contribution >= 4 is 11.6 Å². The van der Waals surface area contributed by atoms with E-state index in [0.29, 0.717) is 24.1 Å². The fourth-order valence-electron chi connectivity index (χ4n) is 2.32. The van der Waals surface area contributed by atoms with Gasteiger partial charge in [0.15, 0.2) is 0 Å². The van der Waals surface area contributed by atoms with Crippen LogP contribution >= 0.6 is 0 Å². The van der Waals surface area contributed by atoms with Crippen molar-refractivity contribution in [3.05, 3.63) is 29.3 Å². The van der Waals surface area contributed by atoms with Crippen LogP contribution < -0.4 is 4.90 Å². The lowest BCUT2D eigenvalue weighted by Gasteiger charge is -2.33. The Kier molecular flexibility index (Phi) is 3.52. The number of carbonyl (C=O) groups is 1. The summed E-state index contributed by atoms with van der Waals surface area (Å²) in [5, 5.41) is 0. The number of aryl methyl sites for hydroxylation is 2. The number of alkyl halides is 4. The first-order valence-corrected chi connectivity index (χ1v) is 5.92. The summed E-state index contributed by atoms with van der Waals surface area (Å²) in [6.07, 6.45) is -2.85. The number of benzene rings is 1. The van der Waals surface area contributed by atoms with Crippen LogP contribution in [-0.2, 0) is 11.2 Å². The molecule has 1 aromatic carbocycles. The molecule has 0 saturated heterocycles. The van der Waals surface area contributed by atoms with Gasteiger partial charge in [0.2, 0.25) is 0 Å². The zero-order valence-corrected chi connectivity index (χ0v) is 10.3. The van der Waals surface area contributed by atoms with E-state index in [1.165, 1.54) is 0 Å². The molecule has 0 atom stereocenters. The van der Waals surface area contributed by atoms with Gasteiger partial charge in [-0.2, -0.15) is 8.78 Å². The van der Waals surface area contributed by atoms with Gasteiger partial charge in [-0.3, -0.25) is 4.79 Å². The highest BCUT2D eigenvalue weighted by Gasteiger charge is 2.52. The Morgan fingerprint density at radius 1 is 1.37 bits per heavy atom. The number of rotatable bonds is 2. The van der Waals surface area contributed by atoms with Gasteiger partial charge >= 0.3 is 18.3 Å².